The second-order valence-electron chi connectivity index (χ2n) is 3.92. The number of nitrogens with zero attached hydrogens (tertiary/aromatic N) is 2. The van der Waals surface area contributed by atoms with Crippen LogP contribution in [-0.2, 0) is 4.79 Å². The first-order valence-corrected chi connectivity index (χ1v) is 6.07. The molecule has 0 aromatic carbocycles. The second-order valence-corrected chi connectivity index (χ2v) is 5.15. The summed E-state index contributed by atoms with van der Waals surface area (Å²) < 4.78 is 0. The second kappa shape index (κ2) is 4.67. The normalized spacial score (nSPS) is 12.6. The first-order chi connectivity index (χ1) is 8.08. The topological polar surface area (TPSA) is 75.1 Å². The van der Waals surface area contributed by atoms with E-state index in [1.807, 2.05) is 13.0 Å². The summed E-state index contributed by atoms with van der Waals surface area (Å²) in [5.74, 6) is -0.559. The smallest absolute Gasteiger partial charge is 0.308 e. The molecule has 1 atom stereocenters. The van der Waals surface area contributed by atoms with Gasteiger partial charge in [0.1, 0.15) is 17.0 Å². The molecule has 0 radical (unpaired) electrons. The van der Waals surface area contributed by atoms with E-state index in [0.29, 0.717) is 12.4 Å². The molecule has 0 aliphatic heterocycles. The van der Waals surface area contributed by atoms with Crippen molar-refractivity contribution in [1.29, 1.82) is 0 Å². The molecule has 2 N–H and O–H groups in total. The highest BCUT2D eigenvalue weighted by Crippen LogP contribution is 2.27. The fourth-order valence-electron chi connectivity index (χ4n) is 1.45. The van der Waals surface area contributed by atoms with Crippen LogP contribution in [0.25, 0.3) is 10.2 Å². The molecule has 90 valence electrons. The van der Waals surface area contributed by atoms with Crippen molar-refractivity contribution < 1.29 is 9.90 Å². The molecule has 2 heterocycles. The van der Waals surface area contributed by atoms with E-state index in [2.05, 4.69) is 15.3 Å². The highest BCUT2D eigenvalue weighted by molar-refractivity contribution is 7.18. The van der Waals surface area contributed by atoms with Crippen LogP contribution in [0.1, 0.15) is 11.8 Å². The van der Waals surface area contributed by atoms with Gasteiger partial charge in [0.25, 0.3) is 0 Å². The number of aryl methyl sites for hydroxylation is 1. The van der Waals surface area contributed by atoms with Gasteiger partial charge in [0.15, 0.2) is 0 Å². The van der Waals surface area contributed by atoms with Crippen molar-refractivity contribution in [3.8, 4) is 0 Å². The van der Waals surface area contributed by atoms with Crippen molar-refractivity contribution >= 4 is 33.3 Å². The maximum absolute atomic E-state index is 10.7. The van der Waals surface area contributed by atoms with E-state index >= 15 is 0 Å². The SMILES string of the molecule is Cc1cc2c(NCC(C)C(=O)O)ncnc2s1. The number of carboxylic acids is 1. The van der Waals surface area contributed by atoms with E-state index in [-0.39, 0.29) is 0 Å². The van der Waals surface area contributed by atoms with Crippen molar-refractivity contribution in [1.82, 2.24) is 9.97 Å². The summed E-state index contributed by atoms with van der Waals surface area (Å²) >= 11 is 1.60. The van der Waals surface area contributed by atoms with Crippen molar-refractivity contribution in [3.63, 3.8) is 0 Å². The molecule has 5 nitrogen and oxygen atoms in total. The fourth-order valence-corrected chi connectivity index (χ4v) is 2.30. The third-order valence-corrected chi connectivity index (χ3v) is 3.41. The molecule has 0 amide bonds. The van der Waals surface area contributed by atoms with Gasteiger partial charge in [0.2, 0.25) is 0 Å². The lowest BCUT2D eigenvalue weighted by atomic mass is 10.2. The maximum Gasteiger partial charge on any atom is 0.308 e. The van der Waals surface area contributed by atoms with E-state index in [4.69, 9.17) is 5.11 Å². The first kappa shape index (κ1) is 11.8. The van der Waals surface area contributed by atoms with E-state index < -0.39 is 11.9 Å². The summed E-state index contributed by atoms with van der Waals surface area (Å²) in [6.07, 6.45) is 1.49. The predicted octanol–water partition coefficient (Wildman–Crippen LogP) is 2.13. The van der Waals surface area contributed by atoms with E-state index in [9.17, 15) is 4.79 Å². The van der Waals surface area contributed by atoms with Gasteiger partial charge in [-0.2, -0.15) is 0 Å². The Labute approximate surface area is 103 Å². The van der Waals surface area contributed by atoms with Crippen LogP contribution in [0.2, 0.25) is 0 Å². The summed E-state index contributed by atoms with van der Waals surface area (Å²) in [6, 6.07) is 2.01. The van der Waals surface area contributed by atoms with E-state index in [1.165, 1.54) is 6.33 Å². The summed E-state index contributed by atoms with van der Waals surface area (Å²) in [4.78, 5) is 21.1. The number of nitrogens with one attached hydrogen (secondary N) is 1. The number of thiophene rings is 1. The third kappa shape index (κ3) is 2.52. The average Bonchev–Trinajstić information content (AvgIpc) is 2.66. The van der Waals surface area contributed by atoms with Crippen LogP contribution in [0.3, 0.4) is 0 Å². The zero-order chi connectivity index (χ0) is 12.4. The first-order valence-electron chi connectivity index (χ1n) is 5.25. The van der Waals surface area contributed by atoms with Gasteiger partial charge in [-0.15, -0.1) is 11.3 Å². The van der Waals surface area contributed by atoms with Gasteiger partial charge in [-0.05, 0) is 13.0 Å². The predicted molar refractivity (Wildman–Crippen MR) is 67.4 cm³/mol. The molecule has 0 aliphatic rings. The summed E-state index contributed by atoms with van der Waals surface area (Å²) in [5, 5.41) is 12.8. The Balaban J connectivity index is 2.21. The molecule has 1 unspecified atom stereocenters. The lowest BCUT2D eigenvalue weighted by Crippen LogP contribution is -2.20. The van der Waals surface area contributed by atoms with Crippen LogP contribution in [0.4, 0.5) is 5.82 Å². The number of carbonyl (C=O) groups is 1. The summed E-state index contributed by atoms with van der Waals surface area (Å²) in [5.41, 5.74) is 0. The van der Waals surface area contributed by atoms with Crippen LogP contribution >= 0.6 is 11.3 Å². The molecule has 0 saturated carbocycles. The molecule has 0 spiro atoms. The minimum atomic E-state index is -0.815. The molecule has 17 heavy (non-hydrogen) atoms. The molecule has 6 heteroatoms. The van der Waals surface area contributed by atoms with Crippen LogP contribution in [-0.4, -0.2) is 27.6 Å². The zero-order valence-electron chi connectivity index (χ0n) is 9.60. The average molecular weight is 251 g/mol. The molecular formula is C11H13N3O2S. The summed E-state index contributed by atoms with van der Waals surface area (Å²) in [7, 11) is 0. The Hall–Kier alpha value is -1.69. The molecule has 0 aliphatic carbocycles. The largest absolute Gasteiger partial charge is 0.481 e. The van der Waals surface area contributed by atoms with E-state index in [1.54, 1.807) is 18.3 Å². The van der Waals surface area contributed by atoms with Gasteiger partial charge in [0.05, 0.1) is 11.3 Å². The van der Waals surface area contributed by atoms with Gasteiger partial charge in [-0.3, -0.25) is 4.79 Å². The van der Waals surface area contributed by atoms with Gasteiger partial charge >= 0.3 is 5.97 Å². The standard InChI is InChI=1S/C11H13N3O2S/c1-6(11(15)16)4-12-9-8-3-7(2)17-10(8)14-5-13-9/h3,5-6H,4H2,1-2H3,(H,15,16)(H,12,13,14). The van der Waals surface area contributed by atoms with Crippen LogP contribution in [0, 0.1) is 12.8 Å². The molecule has 2 aromatic heterocycles. The van der Waals surface area contributed by atoms with Crippen LogP contribution in [0.15, 0.2) is 12.4 Å². The highest BCUT2D eigenvalue weighted by atomic mass is 32.1. The minimum Gasteiger partial charge on any atom is -0.481 e. The number of anilines is 1. The van der Waals surface area contributed by atoms with Gasteiger partial charge in [-0.25, -0.2) is 9.97 Å². The minimum absolute atomic E-state index is 0.357. The van der Waals surface area contributed by atoms with Crippen LogP contribution in [0.5, 0.6) is 0 Å². The Morgan fingerprint density at radius 3 is 3.06 bits per heavy atom. The Morgan fingerprint density at radius 2 is 2.35 bits per heavy atom. The number of fused-ring (bicyclic) bond motifs is 1. The molecule has 2 rings (SSSR count). The molecular weight excluding hydrogens is 238 g/mol. The third-order valence-electron chi connectivity index (χ3n) is 2.45. The molecule has 0 bridgehead atoms. The van der Waals surface area contributed by atoms with Gasteiger partial charge in [0, 0.05) is 11.4 Å². The Bertz CT molecular complexity index is 553. The number of carboxylic acid groups (broad SMARTS) is 1. The zero-order valence-corrected chi connectivity index (χ0v) is 10.4. The number of hydrogen-bond donors (Lipinski definition) is 2. The summed E-state index contributed by atoms with van der Waals surface area (Å²) in [6.45, 7) is 4.03. The molecule has 2 aromatic rings. The Kier molecular flexibility index (Phi) is 3.23. The quantitative estimate of drug-likeness (QED) is 0.870. The number of aromatic nitrogens is 2. The van der Waals surface area contributed by atoms with Gasteiger partial charge in [-0.1, -0.05) is 6.92 Å². The maximum atomic E-state index is 10.7. The van der Waals surface area contributed by atoms with Crippen molar-refractivity contribution in [2.75, 3.05) is 11.9 Å². The fraction of sp³-hybridized carbons (Fsp3) is 0.364. The lowest BCUT2D eigenvalue weighted by molar-refractivity contribution is -0.140. The van der Waals surface area contributed by atoms with E-state index in [0.717, 1.165) is 15.1 Å². The number of hydrogen-bond acceptors (Lipinski definition) is 5. The van der Waals surface area contributed by atoms with Crippen molar-refractivity contribution in [2.24, 2.45) is 5.92 Å². The van der Waals surface area contributed by atoms with Crippen molar-refractivity contribution in [3.05, 3.63) is 17.3 Å². The Morgan fingerprint density at radius 1 is 1.59 bits per heavy atom. The number of rotatable bonds is 4. The highest BCUT2D eigenvalue weighted by Gasteiger charge is 2.12. The van der Waals surface area contributed by atoms with Crippen LogP contribution < -0.4 is 5.32 Å². The monoisotopic (exact) mass is 251 g/mol. The number of aliphatic carboxylic acids is 1. The lowest BCUT2D eigenvalue weighted by Gasteiger charge is -2.09. The van der Waals surface area contributed by atoms with Gasteiger partial charge < -0.3 is 10.4 Å². The molecule has 0 saturated heterocycles. The molecule has 0 fully saturated rings. The van der Waals surface area contributed by atoms with Crippen molar-refractivity contribution in [2.45, 2.75) is 13.8 Å².